The molecule has 0 radical (unpaired) electrons. The second kappa shape index (κ2) is 13.2. The van der Waals surface area contributed by atoms with E-state index in [0.717, 1.165) is 10.4 Å². The van der Waals surface area contributed by atoms with Gasteiger partial charge < -0.3 is 19.0 Å². The summed E-state index contributed by atoms with van der Waals surface area (Å²) in [7, 11) is -1.75. The minimum atomic E-state index is -2.95. The molecule has 1 heterocycles. The van der Waals surface area contributed by atoms with Crippen molar-refractivity contribution in [1.82, 2.24) is 4.90 Å². The Morgan fingerprint density at radius 2 is 1.61 bits per heavy atom. The van der Waals surface area contributed by atoms with Gasteiger partial charge in [-0.2, -0.15) is 0 Å². The van der Waals surface area contributed by atoms with E-state index in [1.807, 2.05) is 36.4 Å². The van der Waals surface area contributed by atoms with Crippen LogP contribution in [0.2, 0.25) is 5.04 Å². The fourth-order valence-electron chi connectivity index (χ4n) is 5.85. The number of amides is 1. The highest BCUT2D eigenvalue weighted by Gasteiger charge is 2.53. The molecule has 232 valence electrons. The summed E-state index contributed by atoms with van der Waals surface area (Å²) < 4.78 is 32.9. The predicted octanol–water partition coefficient (Wildman–Crippen LogP) is 5.76. The molecule has 2 atom stereocenters. The number of carbonyl (C=O) groups is 2. The number of benzene rings is 3. The molecule has 1 aliphatic rings. The minimum absolute atomic E-state index is 0.128. The maximum atomic E-state index is 15.1. The van der Waals surface area contributed by atoms with E-state index in [1.54, 1.807) is 20.8 Å². The normalized spacial score (nSPS) is 16.8. The van der Waals surface area contributed by atoms with Gasteiger partial charge in [-0.25, -0.2) is 14.0 Å². The average molecular weight is 618 g/mol. The number of halogens is 1. The fraction of sp³-hybridized carbons (Fsp3) is 0.371. The van der Waals surface area contributed by atoms with Crippen LogP contribution in [-0.4, -0.2) is 62.3 Å². The molecule has 0 unspecified atom stereocenters. The molecule has 44 heavy (non-hydrogen) atoms. The summed E-state index contributed by atoms with van der Waals surface area (Å²) in [5.74, 6) is 4.33. The standard InChI is InChI=1S/C35H40FNO6Si/c1-23(2)42-32-30(33(38)41-7)25(20-24(3)31(32)36)18-19-26-21-27(22-37(26)34(39)40)43-44(35(4,5)6,28-14-10-8-11-15-28)29-16-12-9-13-17-29/h8-17,20,23,26-27H,21-22H2,1-7H3,(H,39,40)/t26-,27-/m0/s1. The summed E-state index contributed by atoms with van der Waals surface area (Å²) >= 11 is 0. The molecule has 4 rings (SSSR count). The van der Waals surface area contributed by atoms with Crippen LogP contribution >= 0.6 is 0 Å². The number of rotatable bonds is 7. The van der Waals surface area contributed by atoms with Crippen LogP contribution in [0.15, 0.2) is 66.7 Å². The van der Waals surface area contributed by atoms with Crippen LogP contribution in [-0.2, 0) is 9.16 Å². The van der Waals surface area contributed by atoms with E-state index in [0.29, 0.717) is 6.42 Å². The maximum absolute atomic E-state index is 15.1. The number of carbonyl (C=O) groups excluding carboxylic acids is 1. The molecule has 1 amide bonds. The number of aryl methyl sites for hydroxylation is 1. The van der Waals surface area contributed by atoms with Crippen LogP contribution < -0.4 is 15.1 Å². The zero-order valence-corrected chi connectivity index (χ0v) is 27.3. The number of esters is 1. The molecule has 1 N–H and O–H groups in total. The van der Waals surface area contributed by atoms with Gasteiger partial charge in [-0.15, -0.1) is 0 Å². The van der Waals surface area contributed by atoms with Gasteiger partial charge in [-0.1, -0.05) is 93.3 Å². The molecule has 0 aromatic heterocycles. The Kier molecular flexibility index (Phi) is 9.87. The number of hydrogen-bond donors (Lipinski definition) is 1. The maximum Gasteiger partial charge on any atom is 0.408 e. The van der Waals surface area contributed by atoms with Crippen molar-refractivity contribution in [2.24, 2.45) is 0 Å². The van der Waals surface area contributed by atoms with Crippen LogP contribution in [0.1, 0.15) is 62.5 Å². The van der Waals surface area contributed by atoms with Crippen LogP contribution in [0, 0.1) is 24.6 Å². The van der Waals surface area contributed by atoms with Crippen molar-refractivity contribution in [2.75, 3.05) is 13.7 Å². The first-order valence-electron chi connectivity index (χ1n) is 14.7. The molecule has 0 aliphatic carbocycles. The highest BCUT2D eigenvalue weighted by Crippen LogP contribution is 2.39. The number of ether oxygens (including phenoxy) is 2. The van der Waals surface area contributed by atoms with Gasteiger partial charge in [-0.3, -0.25) is 4.90 Å². The topological polar surface area (TPSA) is 85.3 Å². The second-order valence-corrected chi connectivity index (χ2v) is 16.5. The summed E-state index contributed by atoms with van der Waals surface area (Å²) in [5.41, 5.74) is 0.317. The quantitative estimate of drug-likeness (QED) is 0.206. The highest BCUT2D eigenvalue weighted by molar-refractivity contribution is 6.99. The van der Waals surface area contributed by atoms with E-state index in [2.05, 4.69) is 56.9 Å². The van der Waals surface area contributed by atoms with Crippen LogP contribution in [0.5, 0.6) is 5.75 Å². The number of carboxylic acid groups (broad SMARTS) is 1. The van der Waals surface area contributed by atoms with Crippen LogP contribution in [0.3, 0.4) is 0 Å². The third-order valence-corrected chi connectivity index (χ3v) is 12.9. The van der Waals surface area contributed by atoms with E-state index < -0.39 is 44.4 Å². The first-order chi connectivity index (χ1) is 20.8. The van der Waals surface area contributed by atoms with Crippen molar-refractivity contribution in [3.63, 3.8) is 0 Å². The van der Waals surface area contributed by atoms with Crippen molar-refractivity contribution >= 4 is 30.8 Å². The number of nitrogens with zero attached hydrogens (tertiary/aromatic N) is 1. The summed E-state index contributed by atoms with van der Waals surface area (Å²) in [6, 6.07) is 21.1. The van der Waals surface area contributed by atoms with Gasteiger partial charge in [0, 0.05) is 12.0 Å². The molecule has 1 fully saturated rings. The molecule has 3 aromatic rings. The summed E-state index contributed by atoms with van der Waals surface area (Å²) in [5, 5.41) is 12.1. The lowest BCUT2D eigenvalue weighted by molar-refractivity contribution is 0.0592. The Morgan fingerprint density at radius 1 is 1.05 bits per heavy atom. The van der Waals surface area contributed by atoms with E-state index >= 15 is 4.39 Å². The molecule has 0 bridgehead atoms. The minimum Gasteiger partial charge on any atom is -0.487 e. The smallest absolute Gasteiger partial charge is 0.408 e. The molecule has 3 aromatic carbocycles. The van der Waals surface area contributed by atoms with Crippen molar-refractivity contribution < 1.29 is 33.0 Å². The van der Waals surface area contributed by atoms with E-state index in [9.17, 15) is 14.7 Å². The van der Waals surface area contributed by atoms with E-state index in [-0.39, 0.29) is 34.0 Å². The molecule has 7 nitrogen and oxygen atoms in total. The monoisotopic (exact) mass is 617 g/mol. The molecular weight excluding hydrogens is 577 g/mol. The summed E-state index contributed by atoms with van der Waals surface area (Å²) in [6.45, 7) is 11.6. The van der Waals surface area contributed by atoms with Crippen LogP contribution in [0.4, 0.5) is 9.18 Å². The molecule has 9 heteroatoms. The third kappa shape index (κ3) is 6.52. The Balaban J connectivity index is 1.78. The fourth-order valence-corrected chi connectivity index (χ4v) is 10.5. The van der Waals surface area contributed by atoms with Crippen molar-refractivity contribution in [1.29, 1.82) is 0 Å². The van der Waals surface area contributed by atoms with Gasteiger partial charge in [0.15, 0.2) is 11.6 Å². The Hall–Kier alpha value is -4.13. The van der Waals surface area contributed by atoms with Gasteiger partial charge in [0.25, 0.3) is 8.32 Å². The van der Waals surface area contributed by atoms with Gasteiger partial charge in [-0.05, 0) is 47.8 Å². The predicted molar refractivity (Wildman–Crippen MR) is 171 cm³/mol. The van der Waals surface area contributed by atoms with Crippen molar-refractivity contribution in [3.8, 4) is 17.6 Å². The SMILES string of the molecule is COC(=O)c1c(C#C[C@H]2C[C@H](O[Si](c3ccccc3)(c3ccccc3)C(C)(C)C)CN2C(=O)O)cc(C)c(F)c1OC(C)C. The first-order valence-corrected chi connectivity index (χ1v) is 16.6. The lowest BCUT2D eigenvalue weighted by Gasteiger charge is -2.44. The molecule has 0 spiro atoms. The number of hydrogen-bond acceptors (Lipinski definition) is 5. The molecule has 1 aliphatic heterocycles. The number of likely N-dealkylation sites (tertiary alicyclic amines) is 1. The van der Waals surface area contributed by atoms with Crippen LogP contribution in [0.25, 0.3) is 0 Å². The lowest BCUT2D eigenvalue weighted by Crippen LogP contribution is -2.67. The highest BCUT2D eigenvalue weighted by atomic mass is 28.4. The zero-order valence-electron chi connectivity index (χ0n) is 26.3. The second-order valence-electron chi connectivity index (χ2n) is 12.3. The first kappa shape index (κ1) is 32.8. The Labute approximate surface area is 260 Å². The largest absolute Gasteiger partial charge is 0.487 e. The van der Waals surface area contributed by atoms with Gasteiger partial charge in [0.2, 0.25) is 0 Å². The third-order valence-electron chi connectivity index (χ3n) is 7.79. The Morgan fingerprint density at radius 3 is 2.09 bits per heavy atom. The van der Waals surface area contributed by atoms with E-state index in [1.165, 1.54) is 18.1 Å². The molecule has 0 saturated carbocycles. The summed E-state index contributed by atoms with van der Waals surface area (Å²) in [6.07, 6.45) is -1.64. The van der Waals surface area contributed by atoms with Gasteiger partial charge >= 0.3 is 12.1 Å². The molecular formula is C35H40FNO6Si. The zero-order chi connectivity index (χ0) is 32.2. The molecule has 1 saturated heterocycles. The van der Waals surface area contributed by atoms with Crippen molar-refractivity contribution in [3.05, 3.63) is 89.2 Å². The van der Waals surface area contributed by atoms with E-state index in [4.69, 9.17) is 13.9 Å². The average Bonchev–Trinajstić information content (AvgIpc) is 3.40. The summed E-state index contributed by atoms with van der Waals surface area (Å²) in [4.78, 5) is 26.5. The van der Waals surface area contributed by atoms with Crippen molar-refractivity contribution in [2.45, 2.75) is 71.3 Å². The number of methoxy groups -OCH3 is 1. The van der Waals surface area contributed by atoms with Gasteiger partial charge in [0.05, 0.1) is 31.9 Å². The Bertz CT molecular complexity index is 1520. The van der Waals surface area contributed by atoms with Gasteiger partial charge in [0.1, 0.15) is 5.56 Å². The lowest BCUT2D eigenvalue weighted by atomic mass is 10.0.